The van der Waals surface area contributed by atoms with E-state index in [-0.39, 0.29) is 19.1 Å². The van der Waals surface area contributed by atoms with Crippen LogP contribution in [0.4, 0.5) is 10.5 Å². The highest BCUT2D eigenvalue weighted by molar-refractivity contribution is 6.31. The van der Waals surface area contributed by atoms with Crippen molar-refractivity contribution in [3.63, 3.8) is 0 Å². The minimum atomic E-state index is -0.728. The molecule has 2 heterocycles. The molecule has 0 saturated carbocycles. The molecular weight excluding hydrogens is 406 g/mol. The number of urea groups is 1. The number of esters is 1. The highest BCUT2D eigenvalue weighted by Gasteiger charge is 2.43. The molecule has 2 aliphatic rings. The topological polar surface area (TPSA) is 87.7 Å². The quantitative estimate of drug-likeness (QED) is 0.734. The predicted molar refractivity (Wildman–Crippen MR) is 112 cm³/mol. The van der Waals surface area contributed by atoms with Gasteiger partial charge in [-0.15, -0.1) is 0 Å². The number of nitrogens with zero attached hydrogens (tertiary/aromatic N) is 1. The van der Waals surface area contributed by atoms with Crippen LogP contribution in [0.25, 0.3) is 0 Å². The first-order valence-electron chi connectivity index (χ1n) is 9.45. The van der Waals surface area contributed by atoms with E-state index in [9.17, 15) is 14.4 Å². The number of rotatable bonds is 4. The summed E-state index contributed by atoms with van der Waals surface area (Å²) in [6.45, 7) is 3.48. The number of hydrogen-bond donors (Lipinski definition) is 2. The number of carbonyl (C=O) groups excluding carboxylic acids is 3. The fourth-order valence-corrected chi connectivity index (χ4v) is 4.00. The summed E-state index contributed by atoms with van der Waals surface area (Å²) in [6.07, 6.45) is 0. The Labute approximate surface area is 178 Å². The van der Waals surface area contributed by atoms with Crippen LogP contribution < -0.4 is 10.6 Å². The molecule has 1 unspecified atom stereocenters. The summed E-state index contributed by atoms with van der Waals surface area (Å²) < 4.78 is 5.19. The normalized spacial score (nSPS) is 18.1. The fourth-order valence-electron chi connectivity index (χ4n) is 3.76. The van der Waals surface area contributed by atoms with Gasteiger partial charge >= 0.3 is 12.0 Å². The zero-order chi connectivity index (χ0) is 21.4. The zero-order valence-electron chi connectivity index (χ0n) is 16.5. The number of carbonyl (C=O) groups is 3. The number of para-hydroxylation sites is 1. The molecule has 154 valence electrons. The van der Waals surface area contributed by atoms with Crippen molar-refractivity contribution in [2.24, 2.45) is 0 Å². The van der Waals surface area contributed by atoms with Crippen LogP contribution in [-0.2, 0) is 14.3 Å². The van der Waals surface area contributed by atoms with Gasteiger partial charge in [-0.3, -0.25) is 9.69 Å². The molecule has 8 heteroatoms. The Morgan fingerprint density at radius 3 is 2.57 bits per heavy atom. The number of anilines is 1. The summed E-state index contributed by atoms with van der Waals surface area (Å²) in [6, 6.07) is 11.5. The van der Waals surface area contributed by atoms with Crippen LogP contribution in [0.2, 0.25) is 5.02 Å². The van der Waals surface area contributed by atoms with E-state index in [0.717, 1.165) is 11.1 Å². The molecule has 1 atom stereocenters. The molecule has 3 amide bonds. The Bertz CT molecular complexity index is 1080. The van der Waals surface area contributed by atoms with Gasteiger partial charge in [0.05, 0.1) is 17.3 Å². The summed E-state index contributed by atoms with van der Waals surface area (Å²) in [5.41, 5.74) is 3.82. The van der Waals surface area contributed by atoms with Crippen LogP contribution in [0.3, 0.4) is 0 Å². The van der Waals surface area contributed by atoms with Crippen molar-refractivity contribution >= 4 is 35.2 Å². The monoisotopic (exact) mass is 425 g/mol. The van der Waals surface area contributed by atoms with Crippen LogP contribution in [0.1, 0.15) is 22.7 Å². The molecule has 4 rings (SSSR count). The smallest absolute Gasteiger partial charge is 0.338 e. The molecule has 0 aliphatic carbocycles. The Kier molecular flexibility index (Phi) is 5.22. The van der Waals surface area contributed by atoms with E-state index in [1.54, 1.807) is 24.3 Å². The van der Waals surface area contributed by atoms with E-state index < -0.39 is 18.0 Å². The van der Waals surface area contributed by atoms with Crippen molar-refractivity contribution in [2.75, 3.05) is 18.5 Å². The van der Waals surface area contributed by atoms with E-state index in [4.69, 9.17) is 16.3 Å². The van der Waals surface area contributed by atoms with Crippen molar-refractivity contribution in [2.45, 2.75) is 19.9 Å². The Balaban J connectivity index is 1.63. The van der Waals surface area contributed by atoms with Crippen molar-refractivity contribution in [3.8, 4) is 0 Å². The van der Waals surface area contributed by atoms with Gasteiger partial charge in [-0.25, -0.2) is 9.59 Å². The van der Waals surface area contributed by atoms with Gasteiger partial charge in [-0.1, -0.05) is 48.0 Å². The van der Waals surface area contributed by atoms with Gasteiger partial charge in [0.15, 0.2) is 0 Å². The van der Waals surface area contributed by atoms with Gasteiger partial charge in [0.25, 0.3) is 0 Å². The molecule has 2 aromatic carbocycles. The predicted octanol–water partition coefficient (Wildman–Crippen LogP) is 3.47. The molecule has 30 heavy (non-hydrogen) atoms. The Hall–Kier alpha value is -3.32. The summed E-state index contributed by atoms with van der Waals surface area (Å²) >= 11 is 6.28. The lowest BCUT2D eigenvalue weighted by atomic mass is 9.95. The number of aryl methyl sites for hydroxylation is 2. The summed E-state index contributed by atoms with van der Waals surface area (Å²) in [4.78, 5) is 39.2. The maximum Gasteiger partial charge on any atom is 0.338 e. The maximum absolute atomic E-state index is 12.9. The van der Waals surface area contributed by atoms with E-state index >= 15 is 0 Å². The number of hydrogen-bond acceptors (Lipinski definition) is 4. The number of halogens is 1. The molecule has 2 N–H and O–H groups in total. The first-order valence-corrected chi connectivity index (χ1v) is 9.83. The summed E-state index contributed by atoms with van der Waals surface area (Å²) in [7, 11) is 0. The van der Waals surface area contributed by atoms with Crippen molar-refractivity contribution in [1.29, 1.82) is 0 Å². The van der Waals surface area contributed by atoms with Crippen LogP contribution >= 0.6 is 11.6 Å². The molecule has 0 aromatic heterocycles. The van der Waals surface area contributed by atoms with E-state index in [1.807, 2.05) is 32.0 Å². The maximum atomic E-state index is 12.9. The third-order valence-electron chi connectivity index (χ3n) is 5.26. The average Bonchev–Trinajstić information content (AvgIpc) is 3.09. The number of ether oxygens (including phenoxy) is 1. The summed E-state index contributed by atoms with van der Waals surface area (Å²) in [5.74, 6) is -0.903. The largest absolute Gasteiger partial charge is 0.456 e. The molecule has 2 aliphatic heterocycles. The Morgan fingerprint density at radius 1 is 1.17 bits per heavy atom. The standard InChI is InChI=1S/C22H20ClN3O4/c1-12-6-5-7-13(2)19(12)24-17(27)10-26-16-11-30-21(28)18(16)20(25-22(26)29)14-8-3-4-9-15(14)23/h3-9,20H,10-11H2,1-2H3,(H,24,27)(H,25,29). The minimum Gasteiger partial charge on any atom is -0.456 e. The lowest BCUT2D eigenvalue weighted by Gasteiger charge is -2.32. The van der Waals surface area contributed by atoms with Crippen molar-refractivity contribution in [1.82, 2.24) is 10.2 Å². The first-order chi connectivity index (χ1) is 14.4. The van der Waals surface area contributed by atoms with Gasteiger partial charge in [-0.2, -0.15) is 0 Å². The first kappa shape index (κ1) is 20.0. The van der Waals surface area contributed by atoms with Gasteiger partial charge in [0, 0.05) is 10.7 Å². The van der Waals surface area contributed by atoms with E-state index in [0.29, 0.717) is 27.5 Å². The second-order valence-electron chi connectivity index (χ2n) is 7.24. The van der Waals surface area contributed by atoms with Crippen molar-refractivity contribution in [3.05, 3.63) is 75.4 Å². The second kappa shape index (κ2) is 7.84. The average molecular weight is 426 g/mol. The third-order valence-corrected chi connectivity index (χ3v) is 5.61. The highest BCUT2D eigenvalue weighted by Crippen LogP contribution is 2.37. The number of nitrogens with one attached hydrogen (secondary N) is 2. The van der Waals surface area contributed by atoms with Crippen molar-refractivity contribution < 1.29 is 19.1 Å². The molecule has 7 nitrogen and oxygen atoms in total. The van der Waals surface area contributed by atoms with Gasteiger partial charge in [0.1, 0.15) is 13.2 Å². The molecule has 0 radical (unpaired) electrons. The molecule has 2 aromatic rings. The van der Waals surface area contributed by atoms with Gasteiger partial charge in [-0.05, 0) is 36.6 Å². The van der Waals surface area contributed by atoms with Crippen LogP contribution in [-0.4, -0.2) is 36.0 Å². The molecule has 0 fully saturated rings. The highest BCUT2D eigenvalue weighted by atomic mass is 35.5. The van der Waals surface area contributed by atoms with Crippen LogP contribution in [0, 0.1) is 13.8 Å². The Morgan fingerprint density at radius 2 is 1.87 bits per heavy atom. The summed E-state index contributed by atoms with van der Waals surface area (Å²) in [5, 5.41) is 6.07. The lowest BCUT2D eigenvalue weighted by Crippen LogP contribution is -2.49. The van der Waals surface area contributed by atoms with Crippen LogP contribution in [0.15, 0.2) is 53.7 Å². The second-order valence-corrected chi connectivity index (χ2v) is 7.65. The third kappa shape index (κ3) is 3.52. The molecule has 0 bridgehead atoms. The zero-order valence-corrected chi connectivity index (χ0v) is 17.2. The SMILES string of the molecule is Cc1cccc(C)c1NC(=O)CN1C(=O)NC(c2ccccc2Cl)C2=C1COC2=O. The van der Waals surface area contributed by atoms with E-state index in [2.05, 4.69) is 10.6 Å². The molecule has 0 spiro atoms. The fraction of sp³-hybridized carbons (Fsp3) is 0.227. The number of amides is 3. The molecule has 0 saturated heterocycles. The molecular formula is C22H20ClN3O4. The van der Waals surface area contributed by atoms with Crippen LogP contribution in [0.5, 0.6) is 0 Å². The number of benzene rings is 2. The van der Waals surface area contributed by atoms with Gasteiger partial charge < -0.3 is 15.4 Å². The lowest BCUT2D eigenvalue weighted by molar-refractivity contribution is -0.136. The van der Waals surface area contributed by atoms with E-state index in [1.165, 1.54) is 4.90 Å². The number of cyclic esters (lactones) is 1. The van der Waals surface area contributed by atoms with Gasteiger partial charge in [0.2, 0.25) is 5.91 Å². The minimum absolute atomic E-state index is 0.0702.